The van der Waals surface area contributed by atoms with Crippen LogP contribution >= 0.6 is 31.9 Å². The molecule has 1 aliphatic rings. The molecule has 2 rings (SSSR count). The molecule has 6 heteroatoms. The van der Waals surface area contributed by atoms with E-state index in [4.69, 9.17) is 5.11 Å². The molecule has 0 bridgehead atoms. The molecule has 1 aliphatic heterocycles. The van der Waals surface area contributed by atoms with Gasteiger partial charge in [-0.05, 0) is 34.1 Å². The summed E-state index contributed by atoms with van der Waals surface area (Å²) in [5, 5.41) is 11.8. The van der Waals surface area contributed by atoms with Crippen LogP contribution in [0.5, 0.6) is 0 Å². The predicted octanol–water partition coefficient (Wildman–Crippen LogP) is 2.07. The van der Waals surface area contributed by atoms with E-state index >= 15 is 0 Å². The topological polar surface area (TPSA) is 52.6 Å². The fraction of sp³-hybridized carbons (Fsp3) is 0.417. The van der Waals surface area contributed by atoms with E-state index < -0.39 is 0 Å². The van der Waals surface area contributed by atoms with Gasteiger partial charge in [-0.15, -0.1) is 0 Å². The number of aliphatic hydroxyl groups excluding tert-OH is 1. The lowest BCUT2D eigenvalue weighted by Crippen LogP contribution is -2.51. The molecule has 1 heterocycles. The van der Waals surface area contributed by atoms with Gasteiger partial charge in [-0.1, -0.05) is 15.9 Å². The smallest absolute Gasteiger partial charge is 0.238 e. The van der Waals surface area contributed by atoms with E-state index in [1.807, 2.05) is 23.1 Å². The number of amides is 1. The lowest BCUT2D eigenvalue weighted by Gasteiger charge is -2.37. The van der Waals surface area contributed by atoms with Gasteiger partial charge in [-0.2, -0.15) is 0 Å². The molecule has 0 atom stereocenters. The first-order chi connectivity index (χ1) is 8.58. The van der Waals surface area contributed by atoms with Crippen molar-refractivity contribution in [1.29, 1.82) is 0 Å². The minimum atomic E-state index is -0.0330. The number of likely N-dealkylation sites (tertiary alicyclic amines) is 1. The molecule has 0 spiro atoms. The Morgan fingerprint density at radius 3 is 2.78 bits per heavy atom. The number of aliphatic hydroxyl groups is 1. The SMILES string of the molecule is O=C(CN1CC(CO)C1)Nc1ccc(Br)cc1Br. The number of rotatable bonds is 4. The Balaban J connectivity index is 1.84. The largest absolute Gasteiger partial charge is 0.396 e. The minimum absolute atomic E-state index is 0.0330. The highest BCUT2D eigenvalue weighted by molar-refractivity contribution is 9.11. The number of nitrogens with zero attached hydrogens (tertiary/aromatic N) is 1. The number of nitrogens with one attached hydrogen (secondary N) is 1. The summed E-state index contributed by atoms with van der Waals surface area (Å²) < 4.78 is 1.81. The van der Waals surface area contributed by atoms with Crippen molar-refractivity contribution >= 4 is 43.5 Å². The van der Waals surface area contributed by atoms with Crippen LogP contribution in [-0.4, -0.2) is 42.2 Å². The molecule has 1 amide bonds. The van der Waals surface area contributed by atoms with E-state index in [0.717, 1.165) is 27.7 Å². The molecule has 18 heavy (non-hydrogen) atoms. The average molecular weight is 378 g/mol. The Labute approximate surface area is 123 Å². The van der Waals surface area contributed by atoms with Gasteiger partial charge in [0.25, 0.3) is 0 Å². The summed E-state index contributed by atoms with van der Waals surface area (Å²) in [6.07, 6.45) is 0. The van der Waals surface area contributed by atoms with Gasteiger partial charge in [0.2, 0.25) is 5.91 Å². The molecule has 2 N–H and O–H groups in total. The lowest BCUT2D eigenvalue weighted by atomic mass is 10.0. The number of halogens is 2. The third kappa shape index (κ3) is 3.54. The highest BCUT2D eigenvalue weighted by Gasteiger charge is 2.27. The van der Waals surface area contributed by atoms with Crippen molar-refractivity contribution in [2.45, 2.75) is 0 Å². The van der Waals surface area contributed by atoms with Crippen LogP contribution in [0.15, 0.2) is 27.1 Å². The molecular formula is C12H14Br2N2O2. The summed E-state index contributed by atoms with van der Waals surface area (Å²) in [5.41, 5.74) is 0.766. The normalized spacial score (nSPS) is 16.4. The molecule has 4 nitrogen and oxygen atoms in total. The quantitative estimate of drug-likeness (QED) is 0.844. The number of carbonyl (C=O) groups is 1. The highest BCUT2D eigenvalue weighted by atomic mass is 79.9. The van der Waals surface area contributed by atoms with Crippen LogP contribution < -0.4 is 5.32 Å². The molecule has 1 aromatic rings. The fourth-order valence-corrected chi connectivity index (χ4v) is 3.05. The van der Waals surface area contributed by atoms with Gasteiger partial charge < -0.3 is 10.4 Å². The maximum Gasteiger partial charge on any atom is 0.238 e. The second-order valence-electron chi connectivity index (χ2n) is 4.42. The molecule has 0 radical (unpaired) electrons. The fourth-order valence-electron chi connectivity index (χ4n) is 1.91. The maximum atomic E-state index is 11.8. The third-order valence-corrected chi connectivity index (χ3v) is 4.01. The van der Waals surface area contributed by atoms with Crippen LogP contribution in [0, 0.1) is 5.92 Å². The molecule has 0 unspecified atom stereocenters. The van der Waals surface area contributed by atoms with Crippen molar-refractivity contribution in [3.05, 3.63) is 27.1 Å². The van der Waals surface area contributed by atoms with Crippen molar-refractivity contribution in [3.63, 3.8) is 0 Å². The molecule has 0 aromatic heterocycles. The molecule has 98 valence electrons. The van der Waals surface area contributed by atoms with Crippen molar-refractivity contribution in [1.82, 2.24) is 4.90 Å². The van der Waals surface area contributed by atoms with Gasteiger partial charge in [-0.25, -0.2) is 0 Å². The highest BCUT2D eigenvalue weighted by Crippen LogP contribution is 2.26. The second kappa shape index (κ2) is 6.14. The number of benzene rings is 1. The number of hydrogen-bond donors (Lipinski definition) is 2. The first kappa shape index (κ1) is 14.0. The Hall–Kier alpha value is -0.430. The standard InChI is InChI=1S/C12H14Br2N2O2/c13-9-1-2-11(10(14)3-9)15-12(18)6-16-4-8(5-16)7-17/h1-3,8,17H,4-7H2,(H,15,18). The van der Waals surface area contributed by atoms with Gasteiger partial charge >= 0.3 is 0 Å². The molecule has 1 fully saturated rings. The first-order valence-electron chi connectivity index (χ1n) is 5.66. The summed E-state index contributed by atoms with van der Waals surface area (Å²) in [4.78, 5) is 13.8. The Bertz CT molecular complexity index is 448. The van der Waals surface area contributed by atoms with Crippen LogP contribution in [-0.2, 0) is 4.79 Å². The number of hydrogen-bond acceptors (Lipinski definition) is 3. The van der Waals surface area contributed by atoms with Crippen LogP contribution in [0.25, 0.3) is 0 Å². The van der Waals surface area contributed by atoms with Crippen LogP contribution in [0.3, 0.4) is 0 Å². The van der Waals surface area contributed by atoms with E-state index in [1.54, 1.807) is 0 Å². The molecule has 0 saturated carbocycles. The van der Waals surface area contributed by atoms with Crippen molar-refractivity contribution < 1.29 is 9.90 Å². The van der Waals surface area contributed by atoms with Gasteiger partial charge in [0, 0.05) is 34.6 Å². The average Bonchev–Trinajstić information content (AvgIpc) is 2.27. The predicted molar refractivity (Wildman–Crippen MR) is 77.5 cm³/mol. The summed E-state index contributed by atoms with van der Waals surface area (Å²) in [6, 6.07) is 5.62. The van der Waals surface area contributed by atoms with Gasteiger partial charge in [0.05, 0.1) is 12.2 Å². The van der Waals surface area contributed by atoms with Gasteiger partial charge in [-0.3, -0.25) is 9.69 Å². The van der Waals surface area contributed by atoms with Crippen LogP contribution in [0.2, 0.25) is 0 Å². The first-order valence-corrected chi connectivity index (χ1v) is 7.25. The second-order valence-corrected chi connectivity index (χ2v) is 6.19. The van der Waals surface area contributed by atoms with Crippen molar-refractivity contribution in [3.8, 4) is 0 Å². The van der Waals surface area contributed by atoms with Gasteiger partial charge in [0.15, 0.2) is 0 Å². The van der Waals surface area contributed by atoms with E-state index in [1.165, 1.54) is 0 Å². The molecule has 0 aliphatic carbocycles. The molecule has 1 saturated heterocycles. The van der Waals surface area contributed by atoms with E-state index in [-0.39, 0.29) is 12.5 Å². The van der Waals surface area contributed by atoms with Crippen molar-refractivity contribution in [2.24, 2.45) is 5.92 Å². The summed E-state index contributed by atoms with van der Waals surface area (Å²) >= 11 is 6.77. The summed E-state index contributed by atoms with van der Waals surface area (Å²) in [7, 11) is 0. The van der Waals surface area contributed by atoms with E-state index in [2.05, 4.69) is 37.2 Å². The zero-order chi connectivity index (χ0) is 13.1. The zero-order valence-corrected chi connectivity index (χ0v) is 12.9. The Kier molecular flexibility index (Phi) is 4.77. The minimum Gasteiger partial charge on any atom is -0.396 e. The molecule has 1 aromatic carbocycles. The van der Waals surface area contributed by atoms with Gasteiger partial charge in [0.1, 0.15) is 0 Å². The zero-order valence-electron chi connectivity index (χ0n) is 9.70. The Morgan fingerprint density at radius 2 is 2.17 bits per heavy atom. The van der Waals surface area contributed by atoms with E-state index in [9.17, 15) is 4.79 Å². The molecular weight excluding hydrogens is 364 g/mol. The third-order valence-electron chi connectivity index (χ3n) is 2.86. The maximum absolute atomic E-state index is 11.8. The van der Waals surface area contributed by atoms with E-state index in [0.29, 0.717) is 12.5 Å². The van der Waals surface area contributed by atoms with Crippen molar-refractivity contribution in [2.75, 3.05) is 31.6 Å². The van der Waals surface area contributed by atoms with Crippen LogP contribution in [0.1, 0.15) is 0 Å². The monoisotopic (exact) mass is 376 g/mol. The van der Waals surface area contributed by atoms with Crippen LogP contribution in [0.4, 0.5) is 5.69 Å². The summed E-state index contributed by atoms with van der Waals surface area (Å²) in [5.74, 6) is 0.298. The number of carbonyl (C=O) groups excluding carboxylic acids is 1. The summed E-state index contributed by atoms with van der Waals surface area (Å²) in [6.45, 7) is 2.17. The number of anilines is 1. The lowest BCUT2D eigenvalue weighted by molar-refractivity contribution is -0.119. The Morgan fingerprint density at radius 1 is 1.44 bits per heavy atom.